The van der Waals surface area contributed by atoms with E-state index in [9.17, 15) is 14.7 Å². The molecule has 1 aliphatic rings. The number of amides is 1. The number of nitrogens with one attached hydrogen (secondary N) is 1. The van der Waals surface area contributed by atoms with E-state index in [0.717, 1.165) is 35.0 Å². The first kappa shape index (κ1) is 23.5. The summed E-state index contributed by atoms with van der Waals surface area (Å²) < 4.78 is 12.8. The normalized spacial score (nSPS) is 19.9. The van der Waals surface area contributed by atoms with Gasteiger partial charge >= 0.3 is 5.97 Å². The highest BCUT2D eigenvalue weighted by Crippen LogP contribution is 2.29. The Hall–Kier alpha value is -2.19. The van der Waals surface area contributed by atoms with Crippen LogP contribution in [0.25, 0.3) is 11.5 Å². The molecule has 8 heteroatoms. The van der Waals surface area contributed by atoms with Crippen molar-refractivity contribution in [2.45, 2.75) is 65.2 Å². The fourth-order valence-electron chi connectivity index (χ4n) is 3.82. The molecule has 2 aromatic rings. The first-order valence-electron chi connectivity index (χ1n) is 10.6. The van der Waals surface area contributed by atoms with E-state index in [-0.39, 0.29) is 23.8 Å². The van der Waals surface area contributed by atoms with Crippen LogP contribution in [0.2, 0.25) is 0 Å². The number of aliphatic carboxylic acids is 1. The minimum atomic E-state index is -1.00. The summed E-state index contributed by atoms with van der Waals surface area (Å²) in [5.74, 6) is -0.367. The molecule has 1 saturated carbocycles. The SMILES string of the molecule is Cc1oc(-c2cccc(Br)c2)nc1COC1CCCC(C(=O)N[C@H](C(=O)O)C(C)C)C1. The van der Waals surface area contributed by atoms with Crippen LogP contribution in [0.4, 0.5) is 0 Å². The lowest BCUT2D eigenvalue weighted by molar-refractivity contribution is -0.144. The summed E-state index contributed by atoms with van der Waals surface area (Å²) in [6.45, 7) is 5.75. The van der Waals surface area contributed by atoms with E-state index in [4.69, 9.17) is 9.15 Å². The van der Waals surface area contributed by atoms with Crippen molar-refractivity contribution in [3.63, 3.8) is 0 Å². The molecule has 0 bridgehead atoms. The molecule has 0 spiro atoms. The van der Waals surface area contributed by atoms with Crippen LogP contribution >= 0.6 is 15.9 Å². The monoisotopic (exact) mass is 492 g/mol. The van der Waals surface area contributed by atoms with Gasteiger partial charge in [0.2, 0.25) is 11.8 Å². The van der Waals surface area contributed by atoms with Crippen molar-refractivity contribution in [3.05, 3.63) is 40.2 Å². The number of benzene rings is 1. The third kappa shape index (κ3) is 6.17. The molecule has 3 atom stereocenters. The topological polar surface area (TPSA) is 102 Å². The fourth-order valence-corrected chi connectivity index (χ4v) is 4.22. The minimum Gasteiger partial charge on any atom is -0.480 e. The van der Waals surface area contributed by atoms with Gasteiger partial charge in [0.25, 0.3) is 0 Å². The number of carbonyl (C=O) groups is 2. The van der Waals surface area contributed by atoms with Gasteiger partial charge in [-0.15, -0.1) is 0 Å². The average Bonchev–Trinajstić information content (AvgIpc) is 3.10. The summed E-state index contributed by atoms with van der Waals surface area (Å²) >= 11 is 3.46. The highest BCUT2D eigenvalue weighted by atomic mass is 79.9. The summed E-state index contributed by atoms with van der Waals surface area (Å²) in [5, 5.41) is 12.0. The summed E-state index contributed by atoms with van der Waals surface area (Å²) in [5.41, 5.74) is 1.63. The molecule has 0 radical (unpaired) electrons. The third-order valence-corrected chi connectivity index (χ3v) is 6.14. The fraction of sp³-hybridized carbons (Fsp3) is 0.522. The number of oxazole rings is 1. The van der Waals surface area contributed by atoms with Crippen LogP contribution in [-0.2, 0) is 20.9 Å². The molecule has 7 nitrogen and oxygen atoms in total. The van der Waals surface area contributed by atoms with Gasteiger partial charge in [-0.2, -0.15) is 0 Å². The zero-order valence-corrected chi connectivity index (χ0v) is 19.6. The van der Waals surface area contributed by atoms with E-state index >= 15 is 0 Å². The van der Waals surface area contributed by atoms with Crippen molar-refractivity contribution in [3.8, 4) is 11.5 Å². The van der Waals surface area contributed by atoms with E-state index < -0.39 is 12.0 Å². The molecule has 1 amide bonds. The Morgan fingerprint density at radius 3 is 2.81 bits per heavy atom. The van der Waals surface area contributed by atoms with Crippen LogP contribution < -0.4 is 5.32 Å². The summed E-state index contributed by atoms with van der Waals surface area (Å²) in [4.78, 5) is 28.6. The van der Waals surface area contributed by atoms with Crippen molar-refractivity contribution in [1.82, 2.24) is 10.3 Å². The number of hydrogen-bond donors (Lipinski definition) is 2. The van der Waals surface area contributed by atoms with Gasteiger partial charge in [0.05, 0.1) is 12.7 Å². The number of halogens is 1. The molecule has 1 aromatic carbocycles. The largest absolute Gasteiger partial charge is 0.480 e. The summed E-state index contributed by atoms with van der Waals surface area (Å²) in [6.07, 6.45) is 2.98. The van der Waals surface area contributed by atoms with E-state index in [2.05, 4.69) is 26.2 Å². The van der Waals surface area contributed by atoms with E-state index in [1.165, 1.54) is 0 Å². The maximum absolute atomic E-state index is 12.6. The van der Waals surface area contributed by atoms with Crippen molar-refractivity contribution >= 4 is 27.8 Å². The van der Waals surface area contributed by atoms with Gasteiger partial charge in [-0.3, -0.25) is 4.79 Å². The van der Waals surface area contributed by atoms with E-state index in [0.29, 0.717) is 24.7 Å². The predicted molar refractivity (Wildman–Crippen MR) is 119 cm³/mol. The molecule has 1 heterocycles. The maximum atomic E-state index is 12.6. The lowest BCUT2D eigenvalue weighted by Crippen LogP contribution is -2.47. The Kier molecular flexibility index (Phi) is 7.89. The first-order chi connectivity index (χ1) is 14.7. The highest BCUT2D eigenvalue weighted by molar-refractivity contribution is 9.10. The Morgan fingerprint density at radius 2 is 2.13 bits per heavy atom. The number of ether oxygens (including phenoxy) is 1. The second-order valence-corrected chi connectivity index (χ2v) is 9.31. The van der Waals surface area contributed by atoms with Crippen molar-refractivity contribution < 1.29 is 23.8 Å². The van der Waals surface area contributed by atoms with Crippen LogP contribution in [0.15, 0.2) is 33.2 Å². The van der Waals surface area contributed by atoms with Gasteiger partial charge in [0.15, 0.2) is 0 Å². The predicted octanol–water partition coefficient (Wildman–Crippen LogP) is 4.71. The van der Waals surface area contributed by atoms with E-state index in [1.54, 1.807) is 13.8 Å². The Morgan fingerprint density at radius 1 is 1.35 bits per heavy atom. The number of aryl methyl sites for hydroxylation is 1. The number of hydrogen-bond acceptors (Lipinski definition) is 5. The molecule has 2 N–H and O–H groups in total. The van der Waals surface area contributed by atoms with Crippen molar-refractivity contribution in [2.24, 2.45) is 11.8 Å². The minimum absolute atomic E-state index is 0.0720. The molecular weight excluding hydrogens is 464 g/mol. The molecule has 0 aliphatic heterocycles. The number of aromatic nitrogens is 1. The molecular formula is C23H29BrN2O5. The average molecular weight is 493 g/mol. The van der Waals surface area contributed by atoms with Crippen LogP contribution in [0.1, 0.15) is 51.0 Å². The van der Waals surface area contributed by atoms with Gasteiger partial charge in [-0.1, -0.05) is 42.3 Å². The Labute approximate surface area is 190 Å². The lowest BCUT2D eigenvalue weighted by atomic mass is 9.86. The molecule has 2 unspecified atom stereocenters. The first-order valence-corrected chi connectivity index (χ1v) is 11.4. The molecule has 1 fully saturated rings. The van der Waals surface area contributed by atoms with Gasteiger partial charge in [0, 0.05) is 16.0 Å². The molecule has 3 rings (SSSR count). The number of rotatable bonds is 8. The summed E-state index contributed by atoms with van der Waals surface area (Å²) in [6, 6.07) is 6.88. The second-order valence-electron chi connectivity index (χ2n) is 8.40. The Bertz CT molecular complexity index is 926. The van der Waals surface area contributed by atoms with Gasteiger partial charge in [-0.05, 0) is 50.3 Å². The maximum Gasteiger partial charge on any atom is 0.326 e. The quantitative estimate of drug-likeness (QED) is 0.552. The number of nitrogens with zero attached hydrogens (tertiary/aromatic N) is 1. The van der Waals surface area contributed by atoms with Crippen LogP contribution in [0.3, 0.4) is 0 Å². The van der Waals surface area contributed by atoms with Crippen LogP contribution in [0.5, 0.6) is 0 Å². The van der Waals surface area contributed by atoms with Crippen molar-refractivity contribution in [1.29, 1.82) is 0 Å². The number of carboxylic acids is 1. The summed E-state index contributed by atoms with van der Waals surface area (Å²) in [7, 11) is 0. The zero-order valence-electron chi connectivity index (χ0n) is 18.1. The second kappa shape index (κ2) is 10.4. The van der Waals surface area contributed by atoms with Gasteiger partial charge in [0.1, 0.15) is 17.5 Å². The molecule has 0 saturated heterocycles. The van der Waals surface area contributed by atoms with Crippen LogP contribution in [-0.4, -0.2) is 34.1 Å². The van der Waals surface area contributed by atoms with Crippen molar-refractivity contribution in [2.75, 3.05) is 0 Å². The highest BCUT2D eigenvalue weighted by Gasteiger charge is 2.31. The Balaban J connectivity index is 1.58. The number of carbonyl (C=O) groups excluding carboxylic acids is 1. The number of carboxylic acid groups (broad SMARTS) is 1. The molecule has 168 valence electrons. The van der Waals surface area contributed by atoms with Gasteiger partial charge in [-0.25, -0.2) is 9.78 Å². The zero-order chi connectivity index (χ0) is 22.5. The standard InChI is InChI=1S/C23H29BrN2O5/c1-13(2)20(23(28)29)26-21(27)15-6-5-9-18(11-15)30-12-19-14(3)31-22(25-19)16-7-4-8-17(24)10-16/h4,7-8,10,13,15,18,20H,5-6,9,11-12H2,1-3H3,(H,26,27)(H,28,29)/t15?,18?,20-/m0/s1. The lowest BCUT2D eigenvalue weighted by Gasteiger charge is -2.29. The van der Waals surface area contributed by atoms with E-state index in [1.807, 2.05) is 31.2 Å². The third-order valence-electron chi connectivity index (χ3n) is 5.65. The molecule has 31 heavy (non-hydrogen) atoms. The molecule has 1 aliphatic carbocycles. The smallest absolute Gasteiger partial charge is 0.326 e. The van der Waals surface area contributed by atoms with Gasteiger partial charge < -0.3 is 19.6 Å². The van der Waals surface area contributed by atoms with Crippen LogP contribution in [0, 0.1) is 18.8 Å². The molecule has 1 aromatic heterocycles.